The maximum atomic E-state index is 9.13. The highest BCUT2D eigenvalue weighted by molar-refractivity contribution is 4.84. The molecule has 0 saturated carbocycles. The van der Waals surface area contributed by atoms with Crippen molar-refractivity contribution in [1.29, 1.82) is 0 Å². The Labute approximate surface area is 155 Å². The molecule has 1 aliphatic heterocycles. The Morgan fingerprint density at radius 1 is 0.800 bits per heavy atom. The zero-order valence-corrected chi connectivity index (χ0v) is 16.5. The molecule has 150 valence electrons. The van der Waals surface area contributed by atoms with Crippen molar-refractivity contribution in [3.05, 3.63) is 0 Å². The van der Waals surface area contributed by atoms with Crippen molar-refractivity contribution in [2.45, 2.75) is 115 Å². The van der Waals surface area contributed by atoms with E-state index in [2.05, 4.69) is 6.92 Å². The summed E-state index contributed by atoms with van der Waals surface area (Å²) in [6.07, 6.45) is 18.6. The van der Waals surface area contributed by atoms with E-state index in [1.165, 1.54) is 83.5 Å². The van der Waals surface area contributed by atoms with Gasteiger partial charge in [-0.3, -0.25) is 0 Å². The summed E-state index contributed by atoms with van der Waals surface area (Å²) in [6.45, 7) is 2.99. The molecule has 0 radical (unpaired) electrons. The van der Waals surface area contributed by atoms with E-state index in [0.717, 1.165) is 6.42 Å². The molecule has 1 aliphatic rings. The van der Waals surface area contributed by atoms with Gasteiger partial charge in [0, 0.05) is 6.61 Å². The van der Waals surface area contributed by atoms with Gasteiger partial charge in [0.25, 0.3) is 0 Å². The average molecular weight is 359 g/mol. The minimum absolute atomic E-state index is 0.218. The predicted octanol–water partition coefficient (Wildman–Crippen LogP) is 4.60. The summed E-state index contributed by atoms with van der Waals surface area (Å²) >= 11 is 0. The zero-order chi connectivity index (χ0) is 18.2. The first-order chi connectivity index (χ1) is 12.3. The van der Waals surface area contributed by atoms with Crippen LogP contribution in [0, 0.1) is 0 Å². The fourth-order valence-corrected chi connectivity index (χ4v) is 3.34. The number of ether oxygens (including phenoxy) is 2. The van der Waals surface area contributed by atoms with Crippen LogP contribution in [0.4, 0.5) is 0 Å². The lowest BCUT2D eigenvalue weighted by molar-refractivity contribution is 0.00526. The van der Waals surface area contributed by atoms with E-state index >= 15 is 0 Å². The lowest BCUT2D eigenvalue weighted by Gasteiger charge is -2.07. The number of rotatable bonds is 19. The highest BCUT2D eigenvalue weighted by Crippen LogP contribution is 2.31. The first kappa shape index (κ1) is 22.9. The normalized spacial score (nSPS) is 20.8. The highest BCUT2D eigenvalue weighted by atomic mass is 16.6. The van der Waals surface area contributed by atoms with Crippen LogP contribution in [0.15, 0.2) is 0 Å². The van der Waals surface area contributed by atoms with E-state index in [4.69, 9.17) is 19.7 Å². The monoisotopic (exact) mass is 358 g/mol. The van der Waals surface area contributed by atoms with Crippen molar-refractivity contribution in [3.63, 3.8) is 0 Å². The Morgan fingerprint density at radius 2 is 1.32 bits per heavy atom. The lowest BCUT2D eigenvalue weighted by Crippen LogP contribution is -2.19. The molecule has 25 heavy (non-hydrogen) atoms. The maximum absolute atomic E-state index is 9.13. The van der Waals surface area contributed by atoms with Crippen LogP contribution >= 0.6 is 0 Å². The van der Waals surface area contributed by atoms with Crippen LogP contribution in [0.5, 0.6) is 0 Å². The van der Waals surface area contributed by atoms with E-state index in [9.17, 15) is 0 Å². The molecule has 0 amide bonds. The van der Waals surface area contributed by atoms with Crippen molar-refractivity contribution in [2.75, 3.05) is 19.8 Å². The van der Waals surface area contributed by atoms with Gasteiger partial charge in [-0.05, 0) is 19.3 Å². The van der Waals surface area contributed by atoms with Gasteiger partial charge >= 0.3 is 0 Å². The molecule has 4 heteroatoms. The van der Waals surface area contributed by atoms with Crippen LogP contribution in [0.1, 0.15) is 96.8 Å². The summed E-state index contributed by atoms with van der Waals surface area (Å²) in [7, 11) is 0. The molecule has 1 fully saturated rings. The molecule has 4 nitrogen and oxygen atoms in total. The number of aliphatic hydroxyl groups is 2. The summed E-state index contributed by atoms with van der Waals surface area (Å²) < 4.78 is 11.1. The first-order valence-corrected chi connectivity index (χ1v) is 10.8. The van der Waals surface area contributed by atoms with Gasteiger partial charge in [-0.15, -0.1) is 0 Å². The van der Waals surface area contributed by atoms with Crippen molar-refractivity contribution in [2.24, 2.45) is 0 Å². The molecule has 1 rings (SSSR count). The maximum Gasteiger partial charge on any atom is 0.100 e. The topological polar surface area (TPSA) is 62.2 Å². The molecule has 0 aromatic rings. The molecule has 1 heterocycles. The quantitative estimate of drug-likeness (QED) is 0.261. The zero-order valence-electron chi connectivity index (χ0n) is 16.5. The van der Waals surface area contributed by atoms with E-state index < -0.39 is 6.10 Å². The third kappa shape index (κ3) is 13.7. The number of hydrogen-bond donors (Lipinski definition) is 2. The standard InChI is InChI=1S/C21H42O4/c1-2-3-4-5-8-11-14-20-21(25-20)15-12-9-6-7-10-13-16-24-18-19(23)17-22/h19-23H,2-18H2,1H3/t19-,20-,21+/m1/s1. The Hall–Kier alpha value is -0.160. The summed E-state index contributed by atoms with van der Waals surface area (Å²) in [4.78, 5) is 0. The molecule has 2 N–H and O–H groups in total. The number of aliphatic hydroxyl groups excluding tert-OH is 2. The Morgan fingerprint density at radius 3 is 1.88 bits per heavy atom. The van der Waals surface area contributed by atoms with Gasteiger partial charge in [-0.1, -0.05) is 77.6 Å². The number of hydrogen-bond acceptors (Lipinski definition) is 4. The third-order valence-electron chi connectivity index (χ3n) is 5.08. The Balaban J connectivity index is 1.73. The number of epoxide rings is 1. The summed E-state index contributed by atoms with van der Waals surface area (Å²) in [5.41, 5.74) is 0. The summed E-state index contributed by atoms with van der Waals surface area (Å²) in [5, 5.41) is 17.8. The van der Waals surface area contributed by atoms with Gasteiger partial charge in [-0.2, -0.15) is 0 Å². The second-order valence-corrected chi connectivity index (χ2v) is 7.59. The number of unbranched alkanes of at least 4 members (excludes halogenated alkanes) is 10. The van der Waals surface area contributed by atoms with Crippen LogP contribution in [-0.4, -0.2) is 48.3 Å². The third-order valence-corrected chi connectivity index (χ3v) is 5.08. The van der Waals surface area contributed by atoms with Crippen LogP contribution in [-0.2, 0) is 9.47 Å². The van der Waals surface area contributed by atoms with Crippen LogP contribution in [0.3, 0.4) is 0 Å². The van der Waals surface area contributed by atoms with Gasteiger partial charge in [0.15, 0.2) is 0 Å². The average Bonchev–Trinajstić information content (AvgIpc) is 3.37. The van der Waals surface area contributed by atoms with E-state index in [1.807, 2.05) is 0 Å². The highest BCUT2D eigenvalue weighted by Gasteiger charge is 2.36. The molecule has 0 bridgehead atoms. The van der Waals surface area contributed by atoms with E-state index in [0.29, 0.717) is 18.8 Å². The largest absolute Gasteiger partial charge is 0.394 e. The van der Waals surface area contributed by atoms with Crippen LogP contribution in [0.25, 0.3) is 0 Å². The SMILES string of the molecule is CCCCCCCC[C@H]1O[C@H]1CCCCCCCCOC[C@H](O)CO. The summed E-state index contributed by atoms with van der Waals surface area (Å²) in [5.74, 6) is 0. The van der Waals surface area contributed by atoms with Gasteiger partial charge in [0.2, 0.25) is 0 Å². The van der Waals surface area contributed by atoms with Crippen molar-refractivity contribution < 1.29 is 19.7 Å². The van der Waals surface area contributed by atoms with Gasteiger partial charge in [0.05, 0.1) is 25.4 Å². The van der Waals surface area contributed by atoms with Crippen molar-refractivity contribution in [1.82, 2.24) is 0 Å². The lowest BCUT2D eigenvalue weighted by atomic mass is 10.0. The van der Waals surface area contributed by atoms with E-state index in [1.54, 1.807) is 0 Å². The van der Waals surface area contributed by atoms with Crippen LogP contribution in [0.2, 0.25) is 0 Å². The second kappa shape index (κ2) is 16.0. The van der Waals surface area contributed by atoms with Crippen molar-refractivity contribution >= 4 is 0 Å². The second-order valence-electron chi connectivity index (χ2n) is 7.59. The predicted molar refractivity (Wildman–Crippen MR) is 103 cm³/mol. The molecule has 3 atom stereocenters. The van der Waals surface area contributed by atoms with Gasteiger partial charge < -0.3 is 19.7 Å². The molecule has 0 aromatic heterocycles. The van der Waals surface area contributed by atoms with E-state index in [-0.39, 0.29) is 13.2 Å². The molecule has 1 saturated heterocycles. The molecular formula is C21H42O4. The van der Waals surface area contributed by atoms with Gasteiger partial charge in [0.1, 0.15) is 6.10 Å². The van der Waals surface area contributed by atoms with Crippen LogP contribution < -0.4 is 0 Å². The molecule has 0 spiro atoms. The molecule has 0 aromatic carbocycles. The minimum Gasteiger partial charge on any atom is -0.394 e. The first-order valence-electron chi connectivity index (χ1n) is 10.8. The fraction of sp³-hybridized carbons (Fsp3) is 1.00. The Bertz CT molecular complexity index is 285. The molecular weight excluding hydrogens is 316 g/mol. The minimum atomic E-state index is -0.727. The fourth-order valence-electron chi connectivity index (χ4n) is 3.34. The molecule has 0 unspecified atom stereocenters. The summed E-state index contributed by atoms with van der Waals surface area (Å²) in [6, 6.07) is 0. The van der Waals surface area contributed by atoms with Crippen molar-refractivity contribution in [3.8, 4) is 0 Å². The smallest absolute Gasteiger partial charge is 0.100 e. The Kier molecular flexibility index (Phi) is 14.7. The van der Waals surface area contributed by atoms with Gasteiger partial charge in [-0.25, -0.2) is 0 Å². The molecule has 0 aliphatic carbocycles.